The largest absolute Gasteiger partial charge is 0.382 e. The van der Waals surface area contributed by atoms with Gasteiger partial charge in [-0.2, -0.15) is 0 Å². The maximum atomic E-state index is 12.9. The molecule has 7 nitrogen and oxygen atoms in total. The summed E-state index contributed by atoms with van der Waals surface area (Å²) in [6.07, 6.45) is 0.0399. The van der Waals surface area contributed by atoms with Crippen molar-refractivity contribution in [3.05, 3.63) is 71.3 Å². The molecule has 0 saturated carbocycles. The first-order valence-electron chi connectivity index (χ1n) is 10.6. The van der Waals surface area contributed by atoms with Crippen LogP contribution in [0.4, 0.5) is 0 Å². The molecule has 0 radical (unpaired) electrons. The van der Waals surface area contributed by atoms with E-state index in [-0.39, 0.29) is 11.8 Å². The summed E-state index contributed by atoms with van der Waals surface area (Å²) in [4.78, 5) is 32.4. The highest BCUT2D eigenvalue weighted by molar-refractivity contribution is 6.05. The van der Waals surface area contributed by atoms with Crippen molar-refractivity contribution in [1.29, 1.82) is 0 Å². The topological polar surface area (TPSA) is 84.2 Å². The van der Waals surface area contributed by atoms with Crippen molar-refractivity contribution in [2.75, 3.05) is 27.2 Å². The summed E-state index contributed by atoms with van der Waals surface area (Å²) in [7, 11) is 4.05. The van der Waals surface area contributed by atoms with Crippen molar-refractivity contribution in [3.63, 3.8) is 0 Å². The molecule has 164 valence electrons. The van der Waals surface area contributed by atoms with E-state index < -0.39 is 12.1 Å². The molecule has 0 unspecified atom stereocenters. The number of likely N-dealkylation sites (N-methyl/N-ethyl adjacent to an activating group) is 1. The molecule has 2 aromatic rings. The van der Waals surface area contributed by atoms with Gasteiger partial charge in [0.2, 0.25) is 12.0 Å². The van der Waals surface area contributed by atoms with Crippen molar-refractivity contribution in [2.24, 2.45) is 5.16 Å². The van der Waals surface area contributed by atoms with Crippen molar-refractivity contribution >= 4 is 17.5 Å². The van der Waals surface area contributed by atoms with Crippen LogP contribution in [0.1, 0.15) is 23.1 Å². The van der Waals surface area contributed by atoms with Gasteiger partial charge in [0.15, 0.2) is 0 Å². The standard InChI is InChI=1S/C24H30N4O3/c1-17-9-7-8-12-19(17)20-16-22(31-27-20)24(30)26-21(15-18-10-5-4-6-11-18)23(29)25-13-14-28(2)3/h4-12,21-22H,13-16H2,1-3H3,(H,25,29)(H,26,30)/p+1/t21-,22-/m1/s1. The molecular formula is C24H31N4O3+. The number of rotatable bonds is 9. The molecule has 0 spiro atoms. The molecule has 7 heteroatoms. The van der Waals surface area contributed by atoms with Gasteiger partial charge in [0.1, 0.15) is 6.04 Å². The highest BCUT2D eigenvalue weighted by Gasteiger charge is 2.32. The van der Waals surface area contributed by atoms with Gasteiger partial charge >= 0.3 is 0 Å². The molecule has 3 rings (SSSR count). The molecule has 0 aliphatic carbocycles. The van der Waals surface area contributed by atoms with Crippen molar-refractivity contribution < 1.29 is 19.3 Å². The van der Waals surface area contributed by atoms with Crippen molar-refractivity contribution in [1.82, 2.24) is 10.6 Å². The molecule has 2 aromatic carbocycles. The fourth-order valence-electron chi connectivity index (χ4n) is 3.46. The first kappa shape index (κ1) is 22.5. The third-order valence-electron chi connectivity index (χ3n) is 5.26. The minimum atomic E-state index is -0.744. The number of nitrogens with zero attached hydrogens (tertiary/aromatic N) is 1. The summed E-state index contributed by atoms with van der Waals surface area (Å²) in [6, 6.07) is 16.8. The monoisotopic (exact) mass is 423 g/mol. The van der Waals surface area contributed by atoms with Gasteiger partial charge in [-0.3, -0.25) is 9.59 Å². The molecule has 0 aromatic heterocycles. The average molecular weight is 424 g/mol. The number of amides is 2. The molecule has 0 fully saturated rings. The van der Waals surface area contributed by atoms with Crippen LogP contribution < -0.4 is 15.5 Å². The SMILES string of the molecule is Cc1ccccc1C1=NO[C@@H](C(=O)N[C@H](Cc2ccccc2)C(=O)NCC[NH+](C)C)C1. The lowest BCUT2D eigenvalue weighted by atomic mass is 9.99. The third kappa shape index (κ3) is 6.39. The fraction of sp³-hybridized carbons (Fsp3) is 0.375. The van der Waals surface area contributed by atoms with Crippen LogP contribution in [-0.2, 0) is 20.8 Å². The fourth-order valence-corrected chi connectivity index (χ4v) is 3.46. The predicted octanol–water partition coefficient (Wildman–Crippen LogP) is 0.476. The molecule has 1 aliphatic rings. The van der Waals surface area contributed by atoms with Crippen LogP contribution >= 0.6 is 0 Å². The van der Waals surface area contributed by atoms with E-state index in [2.05, 4.69) is 15.8 Å². The molecule has 2 amide bonds. The zero-order valence-corrected chi connectivity index (χ0v) is 18.4. The number of hydrogen-bond acceptors (Lipinski definition) is 4. The van der Waals surface area contributed by atoms with Gasteiger partial charge in [0, 0.05) is 18.4 Å². The number of carbonyl (C=O) groups excluding carboxylic acids is 2. The molecule has 0 saturated heterocycles. The van der Waals surface area contributed by atoms with E-state index in [0.717, 1.165) is 28.9 Å². The Morgan fingerprint density at radius 1 is 1.13 bits per heavy atom. The Bertz CT molecular complexity index is 927. The lowest BCUT2D eigenvalue weighted by Gasteiger charge is -2.20. The maximum Gasteiger partial charge on any atom is 0.265 e. The number of quaternary nitrogens is 1. The van der Waals surface area contributed by atoms with E-state index >= 15 is 0 Å². The van der Waals surface area contributed by atoms with Gasteiger partial charge in [0.25, 0.3) is 5.91 Å². The summed E-state index contributed by atoms with van der Waals surface area (Å²) < 4.78 is 0. The first-order chi connectivity index (χ1) is 14.9. The second-order valence-corrected chi connectivity index (χ2v) is 8.15. The Balaban J connectivity index is 1.63. The highest BCUT2D eigenvalue weighted by atomic mass is 16.6. The van der Waals surface area contributed by atoms with Crippen molar-refractivity contribution in [3.8, 4) is 0 Å². The Morgan fingerprint density at radius 2 is 1.84 bits per heavy atom. The van der Waals surface area contributed by atoms with Gasteiger partial charge in [-0.25, -0.2) is 0 Å². The van der Waals surface area contributed by atoms with Crippen LogP contribution in [0.2, 0.25) is 0 Å². The van der Waals surface area contributed by atoms with E-state index in [4.69, 9.17) is 4.84 Å². The Labute approximate surface area is 183 Å². The Morgan fingerprint density at radius 3 is 2.55 bits per heavy atom. The van der Waals surface area contributed by atoms with Crippen LogP contribution in [-0.4, -0.2) is 56.9 Å². The minimum absolute atomic E-state index is 0.198. The highest BCUT2D eigenvalue weighted by Crippen LogP contribution is 2.19. The van der Waals surface area contributed by atoms with Gasteiger partial charge in [-0.15, -0.1) is 0 Å². The van der Waals surface area contributed by atoms with E-state index in [1.165, 1.54) is 4.90 Å². The van der Waals surface area contributed by atoms with Crippen LogP contribution in [0.15, 0.2) is 59.8 Å². The lowest BCUT2D eigenvalue weighted by Crippen LogP contribution is -3.06. The van der Waals surface area contributed by atoms with E-state index in [1.807, 2.05) is 75.6 Å². The zero-order chi connectivity index (χ0) is 22.2. The molecular weight excluding hydrogens is 392 g/mol. The second kappa shape index (κ2) is 10.7. The number of nitrogens with one attached hydrogen (secondary N) is 3. The summed E-state index contributed by atoms with van der Waals surface area (Å²) >= 11 is 0. The minimum Gasteiger partial charge on any atom is -0.382 e. The molecule has 31 heavy (non-hydrogen) atoms. The van der Waals surface area contributed by atoms with Gasteiger partial charge in [-0.05, 0) is 18.1 Å². The molecule has 1 aliphatic heterocycles. The van der Waals surface area contributed by atoms with Gasteiger partial charge in [0.05, 0.1) is 32.9 Å². The zero-order valence-electron chi connectivity index (χ0n) is 18.4. The van der Waals surface area contributed by atoms with E-state index in [0.29, 0.717) is 19.4 Å². The third-order valence-corrected chi connectivity index (χ3v) is 5.26. The smallest absolute Gasteiger partial charge is 0.265 e. The quantitative estimate of drug-likeness (QED) is 0.549. The summed E-state index contributed by atoms with van der Waals surface area (Å²) in [6.45, 7) is 3.35. The van der Waals surface area contributed by atoms with Crippen LogP contribution in [0.3, 0.4) is 0 Å². The maximum absolute atomic E-state index is 12.9. The number of benzene rings is 2. The summed E-state index contributed by atoms with van der Waals surface area (Å²) in [5, 5.41) is 9.93. The van der Waals surface area contributed by atoms with Gasteiger partial charge < -0.3 is 20.4 Å². The average Bonchev–Trinajstić information content (AvgIpc) is 3.24. The van der Waals surface area contributed by atoms with Crippen LogP contribution in [0.5, 0.6) is 0 Å². The number of carbonyl (C=O) groups is 2. The molecule has 2 atom stereocenters. The lowest BCUT2D eigenvalue weighted by molar-refractivity contribution is -0.856. The second-order valence-electron chi connectivity index (χ2n) is 8.15. The molecule has 0 bridgehead atoms. The number of oxime groups is 1. The summed E-state index contributed by atoms with van der Waals surface area (Å²) in [5.74, 6) is -0.529. The van der Waals surface area contributed by atoms with Crippen LogP contribution in [0, 0.1) is 6.92 Å². The normalized spacial score (nSPS) is 16.4. The van der Waals surface area contributed by atoms with E-state index in [9.17, 15) is 9.59 Å². The summed E-state index contributed by atoms with van der Waals surface area (Å²) in [5.41, 5.74) is 3.78. The van der Waals surface area contributed by atoms with Crippen LogP contribution in [0.25, 0.3) is 0 Å². The number of aryl methyl sites for hydroxylation is 1. The molecule has 1 heterocycles. The Kier molecular flexibility index (Phi) is 7.78. The Hall–Kier alpha value is -3.19. The van der Waals surface area contributed by atoms with Crippen molar-refractivity contribution in [2.45, 2.75) is 31.9 Å². The van der Waals surface area contributed by atoms with E-state index in [1.54, 1.807) is 0 Å². The number of hydrogen-bond donors (Lipinski definition) is 3. The van der Waals surface area contributed by atoms with Gasteiger partial charge in [-0.1, -0.05) is 59.8 Å². The first-order valence-corrected chi connectivity index (χ1v) is 10.6. The predicted molar refractivity (Wildman–Crippen MR) is 120 cm³/mol. The molecule has 3 N–H and O–H groups in total.